The molecule has 0 aromatic carbocycles. The molecule has 2 heterocycles. The van der Waals surface area contributed by atoms with Crippen LogP contribution in [0, 0.1) is 5.92 Å². The van der Waals surface area contributed by atoms with E-state index in [1.807, 2.05) is 0 Å². The summed E-state index contributed by atoms with van der Waals surface area (Å²) in [5.41, 5.74) is 0. The minimum absolute atomic E-state index is 0. The molecule has 0 amide bonds. The standard InChI is InChI=1S/C15H28N6.HI/c1-12(2)8-9-17-15(16-3)18-11-14-20-19-13-7-5-4-6-10-21(13)14;/h12H,4-11H2,1-3H3,(H2,16,17,18);1H. The summed E-state index contributed by atoms with van der Waals surface area (Å²) in [5.74, 6) is 3.68. The van der Waals surface area contributed by atoms with Gasteiger partial charge in [-0.1, -0.05) is 20.3 Å². The van der Waals surface area contributed by atoms with Crippen LogP contribution in [-0.2, 0) is 19.5 Å². The Balaban J connectivity index is 0.00000242. The molecule has 0 bridgehead atoms. The molecule has 0 unspecified atom stereocenters. The van der Waals surface area contributed by atoms with Crippen molar-refractivity contribution >= 4 is 29.9 Å². The van der Waals surface area contributed by atoms with Crippen LogP contribution in [-0.4, -0.2) is 34.3 Å². The van der Waals surface area contributed by atoms with Crippen molar-refractivity contribution in [2.24, 2.45) is 10.9 Å². The highest BCUT2D eigenvalue weighted by Gasteiger charge is 2.14. The predicted octanol–water partition coefficient (Wildman–Crippen LogP) is 2.33. The number of fused-ring (bicyclic) bond motifs is 1. The van der Waals surface area contributed by atoms with Crippen molar-refractivity contribution in [3.05, 3.63) is 11.6 Å². The first kappa shape index (κ1) is 19.2. The molecule has 7 heteroatoms. The highest BCUT2D eigenvalue weighted by atomic mass is 127. The molecule has 0 spiro atoms. The fourth-order valence-electron chi connectivity index (χ4n) is 2.54. The van der Waals surface area contributed by atoms with Crippen molar-refractivity contribution in [3.63, 3.8) is 0 Å². The van der Waals surface area contributed by atoms with E-state index in [1.54, 1.807) is 7.05 Å². The van der Waals surface area contributed by atoms with Gasteiger partial charge in [0.2, 0.25) is 0 Å². The zero-order valence-electron chi connectivity index (χ0n) is 13.9. The molecule has 1 aromatic rings. The van der Waals surface area contributed by atoms with E-state index >= 15 is 0 Å². The Labute approximate surface area is 150 Å². The summed E-state index contributed by atoms with van der Waals surface area (Å²) in [5, 5.41) is 15.3. The first-order valence-electron chi connectivity index (χ1n) is 8.06. The van der Waals surface area contributed by atoms with Gasteiger partial charge in [-0.15, -0.1) is 34.2 Å². The van der Waals surface area contributed by atoms with Crippen LogP contribution in [0.5, 0.6) is 0 Å². The molecule has 0 fully saturated rings. The highest BCUT2D eigenvalue weighted by Crippen LogP contribution is 2.14. The minimum atomic E-state index is 0. The SMILES string of the molecule is CN=C(NCCC(C)C)NCc1nnc2n1CCCCC2.I. The lowest BCUT2D eigenvalue weighted by Gasteiger charge is -2.13. The summed E-state index contributed by atoms with van der Waals surface area (Å²) in [4.78, 5) is 4.25. The lowest BCUT2D eigenvalue weighted by atomic mass is 10.1. The fraction of sp³-hybridized carbons (Fsp3) is 0.800. The third kappa shape index (κ3) is 5.73. The van der Waals surface area contributed by atoms with E-state index in [0.717, 1.165) is 43.5 Å². The zero-order chi connectivity index (χ0) is 15.1. The summed E-state index contributed by atoms with van der Waals surface area (Å²) in [6.45, 7) is 7.11. The van der Waals surface area contributed by atoms with Gasteiger partial charge in [0.25, 0.3) is 0 Å². The molecule has 0 radical (unpaired) electrons. The van der Waals surface area contributed by atoms with Crippen LogP contribution in [0.2, 0.25) is 0 Å². The third-order valence-corrected chi connectivity index (χ3v) is 3.84. The lowest BCUT2D eigenvalue weighted by molar-refractivity contribution is 0.569. The van der Waals surface area contributed by atoms with Crippen molar-refractivity contribution in [1.29, 1.82) is 0 Å². The molecule has 0 saturated carbocycles. The molecule has 0 aliphatic carbocycles. The molecule has 0 atom stereocenters. The molecule has 2 rings (SSSR count). The van der Waals surface area contributed by atoms with Crippen molar-refractivity contribution in [1.82, 2.24) is 25.4 Å². The van der Waals surface area contributed by atoms with E-state index in [9.17, 15) is 0 Å². The average Bonchev–Trinajstić information content (AvgIpc) is 2.70. The Morgan fingerprint density at radius 1 is 1.23 bits per heavy atom. The maximum Gasteiger partial charge on any atom is 0.191 e. The number of nitrogens with one attached hydrogen (secondary N) is 2. The number of guanidine groups is 1. The molecule has 1 aromatic heterocycles. The van der Waals surface area contributed by atoms with Gasteiger partial charge in [0.05, 0.1) is 6.54 Å². The van der Waals surface area contributed by atoms with Gasteiger partial charge in [0.1, 0.15) is 5.82 Å². The molecule has 126 valence electrons. The smallest absolute Gasteiger partial charge is 0.191 e. The molecular formula is C15H29IN6. The van der Waals surface area contributed by atoms with Gasteiger partial charge in [-0.2, -0.15) is 0 Å². The van der Waals surface area contributed by atoms with Crippen molar-refractivity contribution < 1.29 is 0 Å². The summed E-state index contributed by atoms with van der Waals surface area (Å²) in [6, 6.07) is 0. The molecule has 0 saturated heterocycles. The first-order valence-corrected chi connectivity index (χ1v) is 8.06. The Bertz CT molecular complexity index is 469. The second-order valence-corrected chi connectivity index (χ2v) is 6.03. The van der Waals surface area contributed by atoms with Gasteiger partial charge < -0.3 is 15.2 Å². The monoisotopic (exact) mass is 420 g/mol. The average molecular weight is 420 g/mol. The molecular weight excluding hydrogens is 391 g/mol. The highest BCUT2D eigenvalue weighted by molar-refractivity contribution is 14.0. The van der Waals surface area contributed by atoms with Crippen LogP contribution < -0.4 is 10.6 Å². The summed E-state index contributed by atoms with van der Waals surface area (Å²) >= 11 is 0. The van der Waals surface area contributed by atoms with Gasteiger partial charge in [0, 0.05) is 26.6 Å². The van der Waals surface area contributed by atoms with Crippen LogP contribution >= 0.6 is 24.0 Å². The van der Waals surface area contributed by atoms with Gasteiger partial charge in [-0.05, 0) is 25.2 Å². The normalized spacial score (nSPS) is 15.0. The third-order valence-electron chi connectivity index (χ3n) is 3.84. The quantitative estimate of drug-likeness (QED) is 0.436. The fourth-order valence-corrected chi connectivity index (χ4v) is 2.54. The van der Waals surface area contributed by atoms with Gasteiger partial charge in [-0.3, -0.25) is 4.99 Å². The summed E-state index contributed by atoms with van der Waals surface area (Å²) in [6.07, 6.45) is 5.92. The Kier molecular flexibility index (Phi) is 8.74. The predicted molar refractivity (Wildman–Crippen MR) is 101 cm³/mol. The number of aliphatic imine (C=N–C) groups is 1. The Morgan fingerprint density at radius 2 is 2.05 bits per heavy atom. The van der Waals surface area contributed by atoms with E-state index in [4.69, 9.17) is 0 Å². The Hall–Kier alpha value is -0.860. The maximum absolute atomic E-state index is 4.32. The second kappa shape index (κ2) is 10.0. The minimum Gasteiger partial charge on any atom is -0.356 e. The number of hydrogen-bond acceptors (Lipinski definition) is 3. The molecule has 6 nitrogen and oxygen atoms in total. The number of hydrogen-bond donors (Lipinski definition) is 2. The summed E-state index contributed by atoms with van der Waals surface area (Å²) in [7, 11) is 1.80. The number of halogens is 1. The topological polar surface area (TPSA) is 67.1 Å². The molecule has 22 heavy (non-hydrogen) atoms. The van der Waals surface area contributed by atoms with Gasteiger partial charge in [-0.25, -0.2) is 0 Å². The van der Waals surface area contributed by atoms with E-state index < -0.39 is 0 Å². The maximum atomic E-state index is 4.32. The van der Waals surface area contributed by atoms with Gasteiger partial charge in [0.15, 0.2) is 11.8 Å². The van der Waals surface area contributed by atoms with E-state index in [1.165, 1.54) is 19.3 Å². The lowest BCUT2D eigenvalue weighted by Crippen LogP contribution is -2.38. The van der Waals surface area contributed by atoms with Crippen LogP contribution in [0.4, 0.5) is 0 Å². The number of aryl methyl sites for hydroxylation is 1. The second-order valence-electron chi connectivity index (χ2n) is 6.03. The molecule has 1 aliphatic rings. The number of rotatable bonds is 5. The van der Waals surface area contributed by atoms with Gasteiger partial charge >= 0.3 is 0 Å². The van der Waals surface area contributed by atoms with E-state index in [-0.39, 0.29) is 24.0 Å². The van der Waals surface area contributed by atoms with Crippen LogP contribution in [0.1, 0.15) is 51.2 Å². The van der Waals surface area contributed by atoms with E-state index in [0.29, 0.717) is 12.5 Å². The van der Waals surface area contributed by atoms with Crippen LogP contribution in [0.3, 0.4) is 0 Å². The number of nitrogens with zero attached hydrogens (tertiary/aromatic N) is 4. The molecule has 2 N–H and O–H groups in total. The first-order chi connectivity index (χ1) is 10.2. The largest absolute Gasteiger partial charge is 0.356 e. The van der Waals surface area contributed by atoms with Crippen molar-refractivity contribution in [2.75, 3.05) is 13.6 Å². The Morgan fingerprint density at radius 3 is 2.77 bits per heavy atom. The molecule has 1 aliphatic heterocycles. The number of aromatic nitrogens is 3. The van der Waals surface area contributed by atoms with Crippen molar-refractivity contribution in [3.8, 4) is 0 Å². The van der Waals surface area contributed by atoms with Crippen LogP contribution in [0.25, 0.3) is 0 Å². The van der Waals surface area contributed by atoms with Crippen molar-refractivity contribution in [2.45, 2.75) is 59.0 Å². The zero-order valence-corrected chi connectivity index (χ0v) is 16.3. The van der Waals surface area contributed by atoms with E-state index in [2.05, 4.69) is 44.2 Å². The summed E-state index contributed by atoms with van der Waals surface area (Å²) < 4.78 is 2.27. The van der Waals surface area contributed by atoms with Crippen LogP contribution in [0.15, 0.2) is 4.99 Å².